The molecule has 1 aromatic carbocycles. The number of aliphatic imine (C=N–C) groups is 1. The van der Waals surface area contributed by atoms with E-state index < -0.39 is 11.4 Å². The number of carbonyl (C=O) groups excluding carboxylic acids is 1. The number of nitrogens with one attached hydrogen (secondary N) is 1. The van der Waals surface area contributed by atoms with Crippen LogP contribution in [0, 0.1) is 11.7 Å². The molecule has 1 amide bonds. The molecule has 0 radical (unpaired) electrons. The van der Waals surface area contributed by atoms with Crippen LogP contribution in [0.3, 0.4) is 0 Å². The van der Waals surface area contributed by atoms with Crippen molar-refractivity contribution < 1.29 is 13.9 Å². The molecular formula is C19H20FN5O2S. The highest BCUT2D eigenvalue weighted by atomic mass is 32.2. The van der Waals surface area contributed by atoms with Gasteiger partial charge in [0.05, 0.1) is 25.0 Å². The quantitative estimate of drug-likeness (QED) is 0.817. The van der Waals surface area contributed by atoms with Crippen molar-refractivity contribution in [3.63, 3.8) is 0 Å². The second-order valence-electron chi connectivity index (χ2n) is 6.87. The van der Waals surface area contributed by atoms with Gasteiger partial charge in [-0.05, 0) is 37.0 Å². The number of anilines is 1. The van der Waals surface area contributed by atoms with Crippen LogP contribution in [0.5, 0.6) is 5.88 Å². The van der Waals surface area contributed by atoms with Crippen LogP contribution in [-0.4, -0.2) is 33.9 Å². The zero-order valence-electron chi connectivity index (χ0n) is 15.3. The van der Waals surface area contributed by atoms with Crippen molar-refractivity contribution in [2.24, 2.45) is 16.6 Å². The average molecular weight is 401 g/mol. The van der Waals surface area contributed by atoms with E-state index in [4.69, 9.17) is 10.5 Å². The summed E-state index contributed by atoms with van der Waals surface area (Å²) in [7, 11) is 1.47. The molecular weight excluding hydrogens is 381 g/mol. The van der Waals surface area contributed by atoms with Crippen LogP contribution in [-0.2, 0) is 5.54 Å². The molecule has 3 N–H and O–H groups in total. The van der Waals surface area contributed by atoms with E-state index in [9.17, 15) is 9.18 Å². The van der Waals surface area contributed by atoms with E-state index >= 15 is 0 Å². The molecule has 9 heteroatoms. The first-order chi connectivity index (χ1) is 13.5. The average Bonchev–Trinajstić information content (AvgIpc) is 3.13. The highest BCUT2D eigenvalue weighted by Crippen LogP contribution is 2.51. The van der Waals surface area contributed by atoms with E-state index in [0.29, 0.717) is 22.3 Å². The highest BCUT2D eigenvalue weighted by molar-refractivity contribution is 8.13. The van der Waals surface area contributed by atoms with Crippen molar-refractivity contribution in [3.8, 4) is 5.88 Å². The Morgan fingerprint density at radius 2 is 2.25 bits per heavy atom. The molecule has 2 atom stereocenters. The van der Waals surface area contributed by atoms with Gasteiger partial charge in [0.1, 0.15) is 11.5 Å². The molecule has 1 aromatic heterocycles. The number of nitrogens with two attached hydrogens (primary N) is 1. The molecule has 0 unspecified atom stereocenters. The summed E-state index contributed by atoms with van der Waals surface area (Å²) in [4.78, 5) is 25.1. The summed E-state index contributed by atoms with van der Waals surface area (Å²) < 4.78 is 19.7. The van der Waals surface area contributed by atoms with E-state index in [2.05, 4.69) is 20.3 Å². The lowest BCUT2D eigenvalue weighted by Crippen LogP contribution is -2.37. The third-order valence-corrected chi connectivity index (χ3v) is 6.24. The minimum absolute atomic E-state index is 0.139. The minimum atomic E-state index is -0.653. The predicted molar refractivity (Wildman–Crippen MR) is 106 cm³/mol. The molecule has 2 aliphatic rings. The number of carbonyl (C=O) groups is 1. The Bertz CT molecular complexity index is 936. The number of nitrogens with zero attached hydrogens (tertiary/aromatic N) is 3. The molecule has 1 fully saturated rings. The van der Waals surface area contributed by atoms with E-state index in [1.54, 1.807) is 6.07 Å². The Kier molecular flexibility index (Phi) is 4.92. The van der Waals surface area contributed by atoms with Gasteiger partial charge >= 0.3 is 0 Å². The van der Waals surface area contributed by atoms with Gasteiger partial charge in [0, 0.05) is 17.0 Å². The largest absolute Gasteiger partial charge is 0.480 e. The van der Waals surface area contributed by atoms with E-state index in [-0.39, 0.29) is 17.4 Å². The Labute approximate surface area is 166 Å². The van der Waals surface area contributed by atoms with Gasteiger partial charge in [-0.3, -0.25) is 9.79 Å². The lowest BCUT2D eigenvalue weighted by atomic mass is 9.81. The number of aromatic nitrogens is 2. The number of benzene rings is 1. The number of thioether (sulfide) groups is 1. The normalized spacial score (nSPS) is 23.6. The SMILES string of the molecule is COc1cnc(C(=O)Nc2ccc(F)c([C@]34CCC[C@H]3CSC(N)=N4)c2)cn1. The van der Waals surface area contributed by atoms with Gasteiger partial charge in [0.15, 0.2) is 5.17 Å². The molecule has 28 heavy (non-hydrogen) atoms. The molecule has 2 heterocycles. The van der Waals surface area contributed by atoms with Crippen molar-refractivity contribution >= 4 is 28.5 Å². The summed E-state index contributed by atoms with van der Waals surface area (Å²) in [5, 5.41) is 3.24. The number of hydrogen-bond acceptors (Lipinski definition) is 7. The molecule has 1 aliphatic carbocycles. The Morgan fingerprint density at radius 1 is 1.39 bits per heavy atom. The molecule has 2 aromatic rings. The zero-order chi connectivity index (χ0) is 19.7. The molecule has 0 bridgehead atoms. The molecule has 4 rings (SSSR count). The van der Waals surface area contributed by atoms with Crippen LogP contribution < -0.4 is 15.8 Å². The molecule has 7 nitrogen and oxygen atoms in total. The first kappa shape index (κ1) is 18.7. The maximum atomic E-state index is 14.8. The summed E-state index contributed by atoms with van der Waals surface area (Å²) in [6.45, 7) is 0. The second kappa shape index (κ2) is 7.38. The summed E-state index contributed by atoms with van der Waals surface area (Å²) in [5.74, 6) is 0.607. The Balaban J connectivity index is 1.64. The second-order valence-corrected chi connectivity index (χ2v) is 7.91. The number of amides is 1. The van der Waals surface area contributed by atoms with Crippen molar-refractivity contribution in [1.82, 2.24) is 9.97 Å². The monoisotopic (exact) mass is 401 g/mol. The number of ether oxygens (including phenoxy) is 1. The first-order valence-electron chi connectivity index (χ1n) is 8.97. The van der Waals surface area contributed by atoms with Gasteiger partial charge in [-0.2, -0.15) is 0 Å². The van der Waals surface area contributed by atoms with Gasteiger partial charge in [-0.1, -0.05) is 18.2 Å². The van der Waals surface area contributed by atoms with Crippen molar-refractivity contribution in [2.75, 3.05) is 18.2 Å². The fourth-order valence-corrected chi connectivity index (χ4v) is 4.97. The van der Waals surface area contributed by atoms with Crippen LogP contribution >= 0.6 is 11.8 Å². The van der Waals surface area contributed by atoms with Crippen LogP contribution in [0.4, 0.5) is 10.1 Å². The third kappa shape index (κ3) is 3.30. The topological polar surface area (TPSA) is 102 Å². The highest BCUT2D eigenvalue weighted by Gasteiger charge is 2.48. The van der Waals surface area contributed by atoms with Crippen molar-refractivity contribution in [3.05, 3.63) is 47.7 Å². The number of methoxy groups -OCH3 is 1. The van der Waals surface area contributed by atoms with E-state index in [0.717, 1.165) is 25.0 Å². The first-order valence-corrected chi connectivity index (χ1v) is 9.96. The molecule has 1 aliphatic heterocycles. The summed E-state index contributed by atoms with van der Waals surface area (Å²) in [6.07, 6.45) is 5.40. The van der Waals surface area contributed by atoms with E-state index in [1.165, 1.54) is 43.4 Å². The van der Waals surface area contributed by atoms with Crippen LogP contribution in [0.1, 0.15) is 35.3 Å². The molecule has 0 saturated heterocycles. The van der Waals surface area contributed by atoms with Crippen LogP contribution in [0.15, 0.2) is 35.6 Å². The number of hydrogen-bond donors (Lipinski definition) is 2. The van der Waals surface area contributed by atoms with Gasteiger partial charge in [0.25, 0.3) is 5.91 Å². The molecule has 0 spiro atoms. The van der Waals surface area contributed by atoms with E-state index in [1.807, 2.05) is 0 Å². The summed E-state index contributed by atoms with van der Waals surface area (Å²) in [5.41, 5.74) is 6.42. The predicted octanol–water partition coefficient (Wildman–Crippen LogP) is 2.93. The fraction of sp³-hybridized carbons (Fsp3) is 0.368. The Hall–Kier alpha value is -2.68. The number of fused-ring (bicyclic) bond motifs is 1. The maximum Gasteiger partial charge on any atom is 0.275 e. The Morgan fingerprint density at radius 3 is 3.00 bits per heavy atom. The summed E-state index contributed by atoms with van der Waals surface area (Å²) in [6, 6.07) is 4.55. The fourth-order valence-electron chi connectivity index (χ4n) is 3.93. The molecule has 146 valence electrons. The van der Waals surface area contributed by atoms with Gasteiger partial charge in [-0.25, -0.2) is 14.4 Å². The smallest absolute Gasteiger partial charge is 0.275 e. The summed E-state index contributed by atoms with van der Waals surface area (Å²) >= 11 is 1.52. The van der Waals surface area contributed by atoms with Crippen molar-refractivity contribution in [2.45, 2.75) is 24.8 Å². The van der Waals surface area contributed by atoms with Gasteiger partial charge in [0.2, 0.25) is 5.88 Å². The molecule has 1 saturated carbocycles. The van der Waals surface area contributed by atoms with Crippen molar-refractivity contribution in [1.29, 1.82) is 0 Å². The number of amidine groups is 1. The lowest BCUT2D eigenvalue weighted by molar-refractivity contribution is 0.102. The standard InChI is InChI=1S/C19H20FN5O2S/c1-27-16-9-22-15(8-23-16)17(26)24-12-4-5-14(20)13(7-12)19-6-2-3-11(19)10-28-18(21)25-19/h4-5,7-9,11H,2-3,6,10H2,1H3,(H2,21,25)(H,24,26)/t11-,19-/m0/s1. The minimum Gasteiger partial charge on any atom is -0.480 e. The lowest BCUT2D eigenvalue weighted by Gasteiger charge is -2.36. The third-order valence-electron chi connectivity index (χ3n) is 5.29. The zero-order valence-corrected chi connectivity index (χ0v) is 16.1. The van der Waals surface area contributed by atoms with Gasteiger partial charge < -0.3 is 15.8 Å². The number of halogens is 1. The van der Waals surface area contributed by atoms with Crippen LogP contribution in [0.2, 0.25) is 0 Å². The van der Waals surface area contributed by atoms with Crippen LogP contribution in [0.25, 0.3) is 0 Å². The number of rotatable bonds is 4. The maximum absolute atomic E-state index is 14.8. The van der Waals surface area contributed by atoms with Gasteiger partial charge in [-0.15, -0.1) is 0 Å².